The molecule has 4 heterocycles. The van der Waals surface area contributed by atoms with Crippen molar-refractivity contribution in [3.8, 4) is 17.1 Å². The Morgan fingerprint density at radius 1 is 1.04 bits per heavy atom. The predicted molar refractivity (Wildman–Crippen MR) is 190 cm³/mol. The summed E-state index contributed by atoms with van der Waals surface area (Å²) in [6.07, 6.45) is 4.71. The number of carbonyl (C=O) groups excluding carboxylic acids is 1. The fourth-order valence-electron chi connectivity index (χ4n) is 6.82. The van der Waals surface area contributed by atoms with Crippen LogP contribution < -0.4 is 9.64 Å². The molecular weight excluding hydrogens is 669 g/mol. The summed E-state index contributed by atoms with van der Waals surface area (Å²) < 4.78 is 38.1. The van der Waals surface area contributed by atoms with E-state index in [0.29, 0.717) is 46.0 Å². The number of ether oxygens (including phenoxy) is 1. The number of hydrogen-bond donors (Lipinski definition) is 0. The van der Waals surface area contributed by atoms with Crippen LogP contribution in [-0.4, -0.2) is 82.6 Å². The Morgan fingerprint density at radius 3 is 2.59 bits per heavy atom. The normalized spacial score (nSPS) is 18.9. The number of halogens is 4. The van der Waals surface area contributed by atoms with Crippen molar-refractivity contribution in [2.45, 2.75) is 31.8 Å². The molecule has 1 amide bonds. The fourth-order valence-corrected chi connectivity index (χ4v) is 7.39. The van der Waals surface area contributed by atoms with Crippen molar-refractivity contribution in [1.29, 1.82) is 0 Å². The van der Waals surface area contributed by atoms with Crippen molar-refractivity contribution < 1.29 is 18.3 Å². The number of amides is 1. The van der Waals surface area contributed by atoms with E-state index in [2.05, 4.69) is 14.9 Å². The van der Waals surface area contributed by atoms with Gasteiger partial charge in [0.15, 0.2) is 11.6 Å². The van der Waals surface area contributed by atoms with Crippen molar-refractivity contribution in [2.24, 2.45) is 0 Å². The first-order chi connectivity index (χ1) is 23.7. The summed E-state index contributed by atoms with van der Waals surface area (Å²) in [5.41, 5.74) is 1.13. The lowest BCUT2D eigenvalue weighted by Crippen LogP contribution is -2.54. The Kier molecular flexibility index (Phi) is 9.37. The first-order valence-electron chi connectivity index (χ1n) is 16.2. The third-order valence-corrected chi connectivity index (χ3v) is 10.0. The standard InChI is InChI=1S/C37H34Cl2F2N6O2/c1-22-20-46(36(48)30(40)18-24-10-3-4-14-42-24)16-17-47(22)35-27-19-29(39)32(26-12-5-8-23-9-6-13-28(38)31(23)26)33(41)34(27)43-37(44-35)49-21-25-11-7-15-45(25)2/h3-6,8-10,12-14,18-19,22,25H,7,11,15-17,20-21H2,1-2H3/b30-18-/t22-,25-/m0/s1. The number of likely N-dealkylation sites (N-methyl/N-ethyl adjacent to an activating group) is 1. The summed E-state index contributed by atoms with van der Waals surface area (Å²) in [6, 6.07) is 17.7. The molecule has 0 radical (unpaired) electrons. The number of anilines is 1. The van der Waals surface area contributed by atoms with Crippen LogP contribution in [0.15, 0.2) is 72.7 Å². The Hall–Kier alpha value is -4.38. The molecule has 5 aromatic rings. The highest BCUT2D eigenvalue weighted by atomic mass is 35.5. The number of pyridine rings is 1. The predicted octanol–water partition coefficient (Wildman–Crippen LogP) is 7.81. The third-order valence-electron chi connectivity index (χ3n) is 9.40. The number of aromatic nitrogens is 3. The number of hydrogen-bond acceptors (Lipinski definition) is 7. The van der Waals surface area contributed by atoms with Crippen LogP contribution in [0.4, 0.5) is 14.6 Å². The zero-order chi connectivity index (χ0) is 34.2. The van der Waals surface area contributed by atoms with Crippen LogP contribution in [0.2, 0.25) is 10.0 Å². The van der Waals surface area contributed by atoms with Gasteiger partial charge in [0.25, 0.3) is 5.91 Å². The summed E-state index contributed by atoms with van der Waals surface area (Å²) >= 11 is 13.5. The van der Waals surface area contributed by atoms with Crippen LogP contribution in [0.3, 0.4) is 0 Å². The zero-order valence-electron chi connectivity index (χ0n) is 27.0. The zero-order valence-corrected chi connectivity index (χ0v) is 28.6. The molecular formula is C37H34Cl2F2N6O2. The van der Waals surface area contributed by atoms with E-state index >= 15 is 8.78 Å². The molecule has 7 rings (SSSR count). The molecule has 12 heteroatoms. The smallest absolute Gasteiger partial charge is 0.319 e. The average Bonchev–Trinajstić information content (AvgIpc) is 3.51. The van der Waals surface area contributed by atoms with E-state index in [1.165, 1.54) is 11.1 Å². The number of rotatable bonds is 7. The van der Waals surface area contributed by atoms with Crippen molar-refractivity contribution in [3.05, 3.63) is 94.2 Å². The lowest BCUT2D eigenvalue weighted by molar-refractivity contribution is -0.129. The van der Waals surface area contributed by atoms with E-state index in [4.69, 9.17) is 32.9 Å². The fraction of sp³-hybridized carbons (Fsp3) is 0.297. The van der Waals surface area contributed by atoms with E-state index < -0.39 is 17.6 Å². The second-order valence-corrected chi connectivity index (χ2v) is 13.4. The second-order valence-electron chi connectivity index (χ2n) is 12.5. The Bertz CT molecular complexity index is 2080. The minimum Gasteiger partial charge on any atom is -0.462 e. The molecule has 2 aromatic heterocycles. The molecule has 2 fully saturated rings. The maximum absolute atomic E-state index is 16.9. The molecule has 8 nitrogen and oxygen atoms in total. The molecule has 2 aliphatic heterocycles. The summed E-state index contributed by atoms with van der Waals surface area (Å²) in [5.74, 6) is -1.81. The number of likely N-dealkylation sites (tertiary alicyclic amines) is 1. The average molecular weight is 704 g/mol. The largest absolute Gasteiger partial charge is 0.462 e. The van der Waals surface area contributed by atoms with Crippen molar-refractivity contribution in [1.82, 2.24) is 24.8 Å². The lowest BCUT2D eigenvalue weighted by Gasteiger charge is -2.40. The second kappa shape index (κ2) is 13.9. The first-order valence-corrected chi connectivity index (χ1v) is 17.0. The van der Waals surface area contributed by atoms with E-state index in [9.17, 15) is 4.79 Å². The molecule has 49 heavy (non-hydrogen) atoms. The summed E-state index contributed by atoms with van der Waals surface area (Å²) in [5, 5.41) is 2.58. The molecule has 0 N–H and O–H groups in total. The van der Waals surface area contributed by atoms with Crippen LogP contribution in [-0.2, 0) is 4.79 Å². The van der Waals surface area contributed by atoms with Crippen molar-refractivity contribution in [3.63, 3.8) is 0 Å². The summed E-state index contributed by atoms with van der Waals surface area (Å²) in [7, 11) is 2.05. The molecule has 3 aromatic carbocycles. The summed E-state index contributed by atoms with van der Waals surface area (Å²) in [6.45, 7) is 3.96. The van der Waals surface area contributed by atoms with Gasteiger partial charge in [-0.1, -0.05) is 59.6 Å². The van der Waals surface area contributed by atoms with Crippen LogP contribution in [0.25, 0.3) is 38.9 Å². The first kappa shape index (κ1) is 33.1. The summed E-state index contributed by atoms with van der Waals surface area (Å²) in [4.78, 5) is 32.2. The highest BCUT2D eigenvalue weighted by molar-refractivity contribution is 6.38. The molecule has 0 aliphatic carbocycles. The maximum Gasteiger partial charge on any atom is 0.319 e. The monoisotopic (exact) mass is 702 g/mol. The van der Waals surface area contributed by atoms with Gasteiger partial charge in [0.1, 0.15) is 17.9 Å². The van der Waals surface area contributed by atoms with Gasteiger partial charge in [0.2, 0.25) is 0 Å². The Balaban J connectivity index is 1.27. The minimum atomic E-state index is -0.894. The molecule has 0 spiro atoms. The van der Waals surface area contributed by atoms with Gasteiger partial charge >= 0.3 is 6.01 Å². The highest BCUT2D eigenvalue weighted by Gasteiger charge is 2.32. The van der Waals surface area contributed by atoms with Gasteiger partial charge in [-0.15, -0.1) is 0 Å². The van der Waals surface area contributed by atoms with Gasteiger partial charge in [-0.05, 0) is 68.6 Å². The topological polar surface area (TPSA) is 74.7 Å². The van der Waals surface area contributed by atoms with E-state index in [1.54, 1.807) is 36.4 Å². The van der Waals surface area contributed by atoms with Gasteiger partial charge in [0.05, 0.1) is 10.7 Å². The van der Waals surface area contributed by atoms with Crippen LogP contribution in [0.5, 0.6) is 6.01 Å². The van der Waals surface area contributed by atoms with Gasteiger partial charge in [-0.3, -0.25) is 9.78 Å². The molecule has 0 saturated carbocycles. The van der Waals surface area contributed by atoms with Crippen LogP contribution >= 0.6 is 23.2 Å². The molecule has 0 unspecified atom stereocenters. The molecule has 0 bridgehead atoms. The third kappa shape index (κ3) is 6.52. The number of carbonyl (C=O) groups is 1. The SMILES string of the molecule is C[C@H]1CN(C(=O)/C(F)=C/c2ccccn2)CCN1c1nc(OC[C@@H]2CCCN2C)nc2c(F)c(-c3cccc4cccc(Cl)c34)c(Cl)cc12. The highest BCUT2D eigenvalue weighted by Crippen LogP contribution is 2.43. The van der Waals surface area contributed by atoms with Gasteiger partial charge in [-0.25, -0.2) is 8.78 Å². The van der Waals surface area contributed by atoms with E-state index in [1.807, 2.05) is 43.1 Å². The molecule has 2 atom stereocenters. The Morgan fingerprint density at radius 2 is 1.86 bits per heavy atom. The minimum absolute atomic E-state index is 0.0426. The number of nitrogens with zero attached hydrogens (tertiary/aromatic N) is 6. The number of piperazine rings is 1. The Labute approximate surface area is 292 Å². The van der Waals surface area contributed by atoms with Crippen molar-refractivity contribution in [2.75, 3.05) is 44.7 Å². The van der Waals surface area contributed by atoms with E-state index in [-0.39, 0.29) is 47.3 Å². The number of fused-ring (bicyclic) bond motifs is 2. The molecule has 2 saturated heterocycles. The maximum atomic E-state index is 16.9. The van der Waals surface area contributed by atoms with Crippen LogP contribution in [0, 0.1) is 5.82 Å². The van der Waals surface area contributed by atoms with Gasteiger partial charge in [-0.2, -0.15) is 9.97 Å². The lowest BCUT2D eigenvalue weighted by atomic mass is 9.96. The van der Waals surface area contributed by atoms with Gasteiger partial charge < -0.3 is 19.4 Å². The molecule has 252 valence electrons. The quantitative estimate of drug-likeness (QED) is 0.160. The number of benzene rings is 3. The van der Waals surface area contributed by atoms with Gasteiger partial charge in [0, 0.05) is 65.3 Å². The van der Waals surface area contributed by atoms with E-state index in [0.717, 1.165) is 30.8 Å². The van der Waals surface area contributed by atoms with Crippen LogP contribution in [0.1, 0.15) is 25.5 Å². The molecule has 2 aliphatic rings. The van der Waals surface area contributed by atoms with Crippen molar-refractivity contribution >= 4 is 62.7 Å².